The first-order valence-corrected chi connectivity index (χ1v) is 5.58. The van der Waals surface area contributed by atoms with Gasteiger partial charge in [-0.2, -0.15) is 0 Å². The Bertz CT molecular complexity index is 338. The Balaban J connectivity index is 2.55. The third-order valence-electron chi connectivity index (χ3n) is 2.16. The quantitative estimate of drug-likeness (QED) is 0.910. The largest absolute Gasteiger partial charge is 0.452 e. The summed E-state index contributed by atoms with van der Waals surface area (Å²) >= 11 is 3.21. The van der Waals surface area contributed by atoms with E-state index in [4.69, 9.17) is 10.2 Å². The zero-order valence-corrected chi connectivity index (χ0v) is 10.5. The minimum absolute atomic E-state index is 0.0648. The molecule has 0 bridgehead atoms. The highest BCUT2D eigenvalue weighted by molar-refractivity contribution is 9.10. The fourth-order valence-electron chi connectivity index (χ4n) is 1.21. The van der Waals surface area contributed by atoms with Crippen molar-refractivity contribution in [2.24, 2.45) is 5.73 Å². The van der Waals surface area contributed by atoms with Gasteiger partial charge in [-0.25, -0.2) is 0 Å². The minimum Gasteiger partial charge on any atom is -0.452 e. The third-order valence-corrected chi connectivity index (χ3v) is 2.58. The molecule has 0 spiro atoms. The Morgan fingerprint density at radius 3 is 2.80 bits per heavy atom. The van der Waals surface area contributed by atoms with Gasteiger partial charge >= 0.3 is 0 Å². The summed E-state index contributed by atoms with van der Waals surface area (Å²) < 4.78 is 5.96. The van der Waals surface area contributed by atoms with Crippen molar-refractivity contribution in [3.63, 3.8) is 0 Å². The molecule has 1 heterocycles. The van der Waals surface area contributed by atoms with E-state index in [2.05, 4.69) is 15.9 Å². The molecule has 0 saturated heterocycles. The molecule has 0 aliphatic rings. The molecular weight excluding hydrogens is 260 g/mol. The van der Waals surface area contributed by atoms with E-state index in [1.165, 1.54) is 0 Å². The molecule has 0 aliphatic heterocycles. The van der Waals surface area contributed by atoms with Gasteiger partial charge in [0.05, 0.1) is 12.6 Å². The van der Waals surface area contributed by atoms with Crippen LogP contribution in [0.1, 0.15) is 19.1 Å². The molecule has 84 valence electrons. The van der Waals surface area contributed by atoms with Crippen LogP contribution in [-0.2, 0) is 11.3 Å². The lowest BCUT2D eigenvalue weighted by Crippen LogP contribution is -2.40. The Morgan fingerprint density at radius 1 is 1.67 bits per heavy atom. The lowest BCUT2D eigenvalue weighted by molar-refractivity contribution is -0.132. The van der Waals surface area contributed by atoms with Crippen molar-refractivity contribution in [1.82, 2.24) is 4.90 Å². The number of likely N-dealkylation sites (N-methyl/N-ethyl adjacent to an activating group) is 1. The second-order valence-electron chi connectivity index (χ2n) is 3.41. The first-order valence-electron chi connectivity index (χ1n) is 4.79. The van der Waals surface area contributed by atoms with Crippen LogP contribution in [0.4, 0.5) is 0 Å². The van der Waals surface area contributed by atoms with Crippen LogP contribution in [0.25, 0.3) is 0 Å². The van der Waals surface area contributed by atoms with Crippen molar-refractivity contribution < 1.29 is 9.21 Å². The lowest BCUT2D eigenvalue weighted by atomic mass is 10.2. The van der Waals surface area contributed by atoms with Crippen molar-refractivity contribution in [1.29, 1.82) is 0 Å². The van der Waals surface area contributed by atoms with Crippen molar-refractivity contribution in [2.45, 2.75) is 25.9 Å². The number of rotatable bonds is 4. The monoisotopic (exact) mass is 274 g/mol. The van der Waals surface area contributed by atoms with E-state index in [0.29, 0.717) is 17.6 Å². The summed E-state index contributed by atoms with van der Waals surface area (Å²) in [7, 11) is 1.72. The molecule has 1 amide bonds. The molecule has 1 aromatic heterocycles. The summed E-state index contributed by atoms with van der Waals surface area (Å²) in [6.45, 7) is 2.33. The summed E-state index contributed by atoms with van der Waals surface area (Å²) in [5.74, 6) is 0.672. The third kappa shape index (κ3) is 3.35. The smallest absolute Gasteiger partial charge is 0.239 e. The maximum absolute atomic E-state index is 11.6. The fraction of sp³-hybridized carbons (Fsp3) is 0.500. The van der Waals surface area contributed by atoms with Crippen LogP contribution in [-0.4, -0.2) is 23.9 Å². The number of carbonyl (C=O) groups is 1. The van der Waals surface area contributed by atoms with Gasteiger partial charge in [-0.1, -0.05) is 6.92 Å². The van der Waals surface area contributed by atoms with Gasteiger partial charge in [-0.3, -0.25) is 4.79 Å². The highest BCUT2D eigenvalue weighted by Crippen LogP contribution is 2.15. The number of furan rings is 1. The van der Waals surface area contributed by atoms with E-state index in [-0.39, 0.29) is 5.91 Å². The first-order chi connectivity index (χ1) is 7.04. The van der Waals surface area contributed by atoms with Crippen LogP contribution < -0.4 is 5.73 Å². The molecule has 0 unspecified atom stereocenters. The average molecular weight is 275 g/mol. The minimum atomic E-state index is -0.423. The van der Waals surface area contributed by atoms with Crippen LogP contribution in [0.15, 0.2) is 21.2 Å². The molecule has 0 saturated carbocycles. The van der Waals surface area contributed by atoms with E-state index < -0.39 is 6.04 Å². The van der Waals surface area contributed by atoms with E-state index in [1.807, 2.05) is 13.0 Å². The average Bonchev–Trinajstić information content (AvgIpc) is 2.61. The van der Waals surface area contributed by atoms with Crippen molar-refractivity contribution in [3.05, 3.63) is 22.6 Å². The second-order valence-corrected chi connectivity index (χ2v) is 4.20. The number of carbonyl (C=O) groups excluding carboxylic acids is 1. The normalized spacial score (nSPS) is 12.5. The van der Waals surface area contributed by atoms with Crippen molar-refractivity contribution in [2.75, 3.05) is 7.05 Å². The van der Waals surface area contributed by atoms with Gasteiger partial charge in [0.15, 0.2) is 4.67 Å². The second kappa shape index (κ2) is 5.32. The Hall–Kier alpha value is -0.810. The molecule has 0 aromatic carbocycles. The zero-order valence-electron chi connectivity index (χ0n) is 8.87. The van der Waals surface area contributed by atoms with Crippen molar-refractivity contribution >= 4 is 21.8 Å². The van der Waals surface area contributed by atoms with E-state index >= 15 is 0 Å². The molecule has 1 atom stereocenters. The molecule has 1 aromatic rings. The van der Waals surface area contributed by atoms with E-state index in [0.717, 1.165) is 5.76 Å². The fourth-order valence-corrected chi connectivity index (χ4v) is 1.55. The summed E-state index contributed by atoms with van der Waals surface area (Å²) in [6.07, 6.45) is 0.644. The summed E-state index contributed by atoms with van der Waals surface area (Å²) in [5.41, 5.74) is 5.65. The zero-order chi connectivity index (χ0) is 11.4. The molecule has 0 aliphatic carbocycles. The number of nitrogens with zero attached hydrogens (tertiary/aromatic N) is 1. The van der Waals surface area contributed by atoms with Crippen molar-refractivity contribution in [3.8, 4) is 0 Å². The van der Waals surface area contributed by atoms with Crippen LogP contribution in [0.2, 0.25) is 0 Å². The molecule has 1 rings (SSSR count). The Morgan fingerprint density at radius 2 is 2.33 bits per heavy atom. The molecule has 15 heavy (non-hydrogen) atoms. The van der Waals surface area contributed by atoms with Crippen LogP contribution in [0.5, 0.6) is 0 Å². The standard InChI is InChI=1S/C10H15BrN2O2/c1-3-8(12)10(14)13(2)6-7-4-5-9(11)15-7/h4-5,8H,3,6,12H2,1-2H3/t8-/m0/s1. The SMILES string of the molecule is CC[C@H](N)C(=O)N(C)Cc1ccc(Br)o1. The van der Waals surface area contributed by atoms with Gasteiger partial charge < -0.3 is 15.1 Å². The Kier molecular flexibility index (Phi) is 4.35. The lowest BCUT2D eigenvalue weighted by Gasteiger charge is -2.19. The highest BCUT2D eigenvalue weighted by atomic mass is 79.9. The number of hydrogen-bond donors (Lipinski definition) is 1. The predicted octanol–water partition coefficient (Wildman–Crippen LogP) is 1.74. The van der Waals surface area contributed by atoms with E-state index in [9.17, 15) is 4.79 Å². The topological polar surface area (TPSA) is 59.5 Å². The number of amides is 1. The number of halogens is 1. The molecule has 2 N–H and O–H groups in total. The number of hydrogen-bond acceptors (Lipinski definition) is 3. The molecule has 0 fully saturated rings. The maximum atomic E-state index is 11.6. The predicted molar refractivity (Wildman–Crippen MR) is 61.1 cm³/mol. The molecular formula is C10H15BrN2O2. The molecule has 0 radical (unpaired) electrons. The molecule has 4 nitrogen and oxygen atoms in total. The van der Waals surface area contributed by atoms with Gasteiger partial charge in [0, 0.05) is 7.05 Å². The van der Waals surface area contributed by atoms with Gasteiger partial charge in [0.2, 0.25) is 5.91 Å². The van der Waals surface area contributed by atoms with Gasteiger partial charge in [0.1, 0.15) is 5.76 Å². The first kappa shape index (κ1) is 12.3. The van der Waals surface area contributed by atoms with Gasteiger partial charge in [-0.05, 0) is 34.5 Å². The van der Waals surface area contributed by atoms with Gasteiger partial charge in [0.25, 0.3) is 0 Å². The number of nitrogens with two attached hydrogens (primary N) is 1. The highest BCUT2D eigenvalue weighted by Gasteiger charge is 2.17. The summed E-state index contributed by atoms with van der Waals surface area (Å²) in [4.78, 5) is 13.2. The summed E-state index contributed by atoms with van der Waals surface area (Å²) in [6, 6.07) is 3.20. The van der Waals surface area contributed by atoms with E-state index in [1.54, 1.807) is 18.0 Å². The summed E-state index contributed by atoms with van der Waals surface area (Å²) in [5, 5.41) is 0. The van der Waals surface area contributed by atoms with Crippen LogP contribution in [0, 0.1) is 0 Å². The molecule has 5 heteroatoms. The Labute approximate surface area is 97.5 Å². The van der Waals surface area contributed by atoms with Crippen LogP contribution >= 0.6 is 15.9 Å². The van der Waals surface area contributed by atoms with Crippen LogP contribution in [0.3, 0.4) is 0 Å². The van der Waals surface area contributed by atoms with Gasteiger partial charge in [-0.15, -0.1) is 0 Å². The maximum Gasteiger partial charge on any atom is 0.239 e.